The van der Waals surface area contributed by atoms with Crippen LogP contribution < -0.4 is 16.8 Å². The van der Waals surface area contributed by atoms with Gasteiger partial charge in [0.05, 0.1) is 10.9 Å². The fourth-order valence-corrected chi connectivity index (χ4v) is 3.60. The number of piperidine rings is 1. The molecule has 3 heterocycles. The van der Waals surface area contributed by atoms with E-state index in [-0.39, 0.29) is 23.1 Å². The molecule has 3 aromatic rings. The van der Waals surface area contributed by atoms with Crippen molar-refractivity contribution in [3.63, 3.8) is 0 Å². The van der Waals surface area contributed by atoms with Crippen molar-refractivity contribution in [2.75, 3.05) is 13.1 Å². The number of amides is 1. The normalized spacial score (nSPS) is 15.2. The summed E-state index contributed by atoms with van der Waals surface area (Å²) in [5, 5.41) is 0.464. The molecule has 0 unspecified atom stereocenters. The third kappa shape index (κ3) is 2.99. The maximum atomic E-state index is 12.7. The van der Waals surface area contributed by atoms with Crippen molar-refractivity contribution in [3.8, 4) is 0 Å². The van der Waals surface area contributed by atoms with Crippen LogP contribution in [0.2, 0.25) is 0 Å². The van der Waals surface area contributed by atoms with Crippen LogP contribution in [-0.4, -0.2) is 38.4 Å². The summed E-state index contributed by atoms with van der Waals surface area (Å²) in [5.41, 5.74) is -0.579. The van der Waals surface area contributed by atoms with Crippen molar-refractivity contribution >= 4 is 16.8 Å². The van der Waals surface area contributed by atoms with E-state index in [9.17, 15) is 19.2 Å². The molecule has 0 atom stereocenters. The van der Waals surface area contributed by atoms with Gasteiger partial charge in [0.1, 0.15) is 5.56 Å². The molecular formula is C19H18N4O4. The maximum absolute atomic E-state index is 12.7. The largest absolute Gasteiger partial charge is 0.338 e. The molecule has 27 heavy (non-hydrogen) atoms. The summed E-state index contributed by atoms with van der Waals surface area (Å²) >= 11 is 0. The topological polar surface area (TPSA) is 108 Å². The van der Waals surface area contributed by atoms with Crippen LogP contribution in [0.3, 0.4) is 0 Å². The van der Waals surface area contributed by atoms with Crippen molar-refractivity contribution < 1.29 is 4.79 Å². The lowest BCUT2D eigenvalue weighted by Crippen LogP contribution is -2.45. The number of carbonyl (C=O) groups excluding carboxylic acids is 1. The van der Waals surface area contributed by atoms with Crippen LogP contribution in [0.25, 0.3) is 10.9 Å². The monoisotopic (exact) mass is 366 g/mol. The van der Waals surface area contributed by atoms with Crippen LogP contribution >= 0.6 is 0 Å². The molecule has 8 heteroatoms. The van der Waals surface area contributed by atoms with Gasteiger partial charge in [-0.05, 0) is 37.1 Å². The van der Waals surface area contributed by atoms with E-state index in [1.165, 1.54) is 16.8 Å². The van der Waals surface area contributed by atoms with Crippen LogP contribution in [0.1, 0.15) is 29.2 Å². The first-order valence-electron chi connectivity index (χ1n) is 8.77. The first-order valence-corrected chi connectivity index (χ1v) is 8.77. The fraction of sp³-hybridized carbons (Fsp3) is 0.263. The number of carbonyl (C=O) groups is 1. The van der Waals surface area contributed by atoms with Crippen LogP contribution in [0.4, 0.5) is 0 Å². The average molecular weight is 366 g/mol. The minimum atomic E-state index is -0.442. The van der Waals surface area contributed by atoms with Crippen molar-refractivity contribution in [3.05, 3.63) is 79.4 Å². The Morgan fingerprint density at radius 1 is 1.00 bits per heavy atom. The van der Waals surface area contributed by atoms with Gasteiger partial charge < -0.3 is 14.9 Å². The molecule has 1 aliphatic rings. The summed E-state index contributed by atoms with van der Waals surface area (Å²) in [4.78, 5) is 56.3. The molecule has 0 spiro atoms. The van der Waals surface area contributed by atoms with E-state index in [1.807, 2.05) is 0 Å². The number of nitrogens with one attached hydrogen (secondary N) is 2. The zero-order valence-corrected chi connectivity index (χ0v) is 14.5. The number of aromatic amines is 2. The van der Waals surface area contributed by atoms with Crippen molar-refractivity contribution in [1.29, 1.82) is 0 Å². The number of hydrogen-bond donors (Lipinski definition) is 2. The molecule has 2 aromatic heterocycles. The van der Waals surface area contributed by atoms with Gasteiger partial charge in [0.2, 0.25) is 0 Å². The summed E-state index contributed by atoms with van der Waals surface area (Å²) in [6.07, 6.45) is 2.42. The minimum absolute atomic E-state index is 0.0941. The van der Waals surface area contributed by atoms with Crippen LogP contribution in [0.5, 0.6) is 0 Å². The van der Waals surface area contributed by atoms with Gasteiger partial charge in [-0.3, -0.25) is 19.0 Å². The number of hydrogen-bond acceptors (Lipinski definition) is 4. The molecule has 1 amide bonds. The molecule has 1 saturated heterocycles. The molecular weight excluding hydrogens is 348 g/mol. The lowest BCUT2D eigenvalue weighted by molar-refractivity contribution is 0.0690. The lowest BCUT2D eigenvalue weighted by atomic mass is 10.0. The van der Waals surface area contributed by atoms with Crippen LogP contribution in [0.15, 0.2) is 57.0 Å². The van der Waals surface area contributed by atoms with E-state index in [4.69, 9.17) is 0 Å². The summed E-state index contributed by atoms with van der Waals surface area (Å²) in [5.74, 6) is -0.338. The van der Waals surface area contributed by atoms with E-state index < -0.39 is 11.2 Å². The molecule has 0 bridgehead atoms. The molecule has 138 valence electrons. The Labute approximate surface area is 153 Å². The van der Waals surface area contributed by atoms with Gasteiger partial charge >= 0.3 is 5.69 Å². The summed E-state index contributed by atoms with van der Waals surface area (Å²) in [6, 6.07) is 9.71. The highest BCUT2D eigenvalue weighted by atomic mass is 16.2. The summed E-state index contributed by atoms with van der Waals surface area (Å²) in [7, 11) is 0. The Morgan fingerprint density at radius 2 is 1.74 bits per heavy atom. The van der Waals surface area contributed by atoms with Gasteiger partial charge in [0, 0.05) is 25.3 Å². The predicted molar refractivity (Wildman–Crippen MR) is 100 cm³/mol. The lowest BCUT2D eigenvalue weighted by Gasteiger charge is -2.32. The number of para-hydroxylation sites is 1. The molecule has 2 N–H and O–H groups in total. The van der Waals surface area contributed by atoms with Gasteiger partial charge in [-0.25, -0.2) is 4.79 Å². The third-order valence-electron chi connectivity index (χ3n) is 5.00. The molecule has 1 aliphatic heterocycles. The fourth-order valence-electron chi connectivity index (χ4n) is 3.60. The van der Waals surface area contributed by atoms with Crippen molar-refractivity contribution in [2.45, 2.75) is 18.9 Å². The predicted octanol–water partition coefficient (Wildman–Crippen LogP) is 0.855. The van der Waals surface area contributed by atoms with E-state index in [0.717, 1.165) is 0 Å². The number of nitrogens with zero attached hydrogens (tertiary/aromatic N) is 2. The Hall–Kier alpha value is -3.42. The van der Waals surface area contributed by atoms with Gasteiger partial charge in [-0.2, -0.15) is 0 Å². The van der Waals surface area contributed by atoms with Crippen molar-refractivity contribution in [1.82, 2.24) is 19.4 Å². The second-order valence-corrected chi connectivity index (χ2v) is 6.59. The molecule has 0 saturated carbocycles. The standard InChI is InChI=1S/C19H18N4O4/c24-16-14(5-3-9-20-16)17(25)22-10-7-12(8-11-22)23-18(26)13-4-1-2-6-15(13)21-19(23)27/h1-6,9,12H,7-8,10-11H2,(H,20,24)(H,21,27). The first-order chi connectivity index (χ1) is 13.1. The highest BCUT2D eigenvalue weighted by molar-refractivity contribution is 5.93. The Balaban J connectivity index is 1.58. The highest BCUT2D eigenvalue weighted by Crippen LogP contribution is 2.21. The second kappa shape index (κ2) is 6.71. The third-order valence-corrected chi connectivity index (χ3v) is 5.00. The van der Waals surface area contributed by atoms with Crippen molar-refractivity contribution in [2.24, 2.45) is 0 Å². The number of fused-ring (bicyclic) bond motifs is 1. The number of likely N-dealkylation sites (tertiary alicyclic amines) is 1. The minimum Gasteiger partial charge on any atom is -0.338 e. The van der Waals surface area contributed by atoms with Gasteiger partial charge in [0.15, 0.2) is 0 Å². The Morgan fingerprint density at radius 3 is 2.48 bits per heavy atom. The molecule has 0 aliphatic carbocycles. The van der Waals surface area contributed by atoms with Gasteiger partial charge in [0.25, 0.3) is 17.0 Å². The summed E-state index contributed by atoms with van der Waals surface area (Å²) in [6.45, 7) is 0.743. The Kier molecular flexibility index (Phi) is 4.23. The quantitative estimate of drug-likeness (QED) is 0.701. The zero-order chi connectivity index (χ0) is 19.0. The van der Waals surface area contributed by atoms with Gasteiger partial charge in [-0.1, -0.05) is 12.1 Å². The number of rotatable bonds is 2. The van der Waals surface area contributed by atoms with Crippen LogP contribution in [0, 0.1) is 0 Å². The molecule has 0 radical (unpaired) electrons. The molecule has 1 fully saturated rings. The van der Waals surface area contributed by atoms with E-state index in [0.29, 0.717) is 36.8 Å². The molecule has 8 nitrogen and oxygen atoms in total. The number of aromatic nitrogens is 3. The number of H-pyrrole nitrogens is 2. The average Bonchev–Trinajstić information content (AvgIpc) is 2.68. The smallest absolute Gasteiger partial charge is 0.329 e. The SMILES string of the molecule is O=C(c1ccc[nH]c1=O)N1CCC(n2c(=O)[nH]c3ccccc3c2=O)CC1. The highest BCUT2D eigenvalue weighted by Gasteiger charge is 2.27. The van der Waals surface area contributed by atoms with E-state index in [1.54, 1.807) is 35.2 Å². The molecule has 1 aromatic carbocycles. The number of pyridine rings is 1. The van der Waals surface area contributed by atoms with Gasteiger partial charge in [-0.15, -0.1) is 0 Å². The van der Waals surface area contributed by atoms with E-state index >= 15 is 0 Å². The molecule has 4 rings (SSSR count). The zero-order valence-electron chi connectivity index (χ0n) is 14.5. The Bertz CT molecular complexity index is 1180. The second-order valence-electron chi connectivity index (χ2n) is 6.59. The maximum Gasteiger partial charge on any atom is 0.329 e. The summed E-state index contributed by atoms with van der Waals surface area (Å²) < 4.78 is 1.25. The first kappa shape index (κ1) is 17.0. The van der Waals surface area contributed by atoms with Crippen LogP contribution in [-0.2, 0) is 0 Å². The van der Waals surface area contributed by atoms with E-state index in [2.05, 4.69) is 9.97 Å². The number of benzene rings is 1.